The van der Waals surface area contributed by atoms with Crippen LogP contribution in [0.2, 0.25) is 0 Å². The fraction of sp³-hybridized carbons (Fsp3) is 0.500. The van der Waals surface area contributed by atoms with E-state index in [4.69, 9.17) is 4.42 Å². The summed E-state index contributed by atoms with van der Waals surface area (Å²) in [5.41, 5.74) is 0.269. The maximum absolute atomic E-state index is 13.2. The van der Waals surface area contributed by atoms with Crippen molar-refractivity contribution in [3.05, 3.63) is 53.5 Å². The molecular formula is C22H29FN2O4S. The highest BCUT2D eigenvalue weighted by atomic mass is 32.2. The van der Waals surface area contributed by atoms with Crippen molar-refractivity contribution in [3.8, 4) is 0 Å². The highest BCUT2D eigenvalue weighted by Crippen LogP contribution is 2.26. The number of nitrogens with zero attached hydrogens (tertiary/aromatic N) is 1. The second-order valence-corrected chi connectivity index (χ2v) is 10.4. The van der Waals surface area contributed by atoms with Crippen molar-refractivity contribution in [2.45, 2.75) is 69.5 Å². The Morgan fingerprint density at radius 1 is 1.13 bits per heavy atom. The summed E-state index contributed by atoms with van der Waals surface area (Å²) in [4.78, 5) is 15.0. The molecule has 0 saturated heterocycles. The van der Waals surface area contributed by atoms with Gasteiger partial charge in [-0.25, -0.2) is 17.5 Å². The summed E-state index contributed by atoms with van der Waals surface area (Å²) < 4.78 is 46.1. The van der Waals surface area contributed by atoms with E-state index in [0.717, 1.165) is 31.2 Å². The third-order valence-electron chi connectivity index (χ3n) is 5.08. The minimum Gasteiger partial charge on any atom is -0.438 e. The first-order valence-electron chi connectivity index (χ1n) is 10.2. The van der Waals surface area contributed by atoms with Gasteiger partial charge in [0.1, 0.15) is 5.82 Å². The minimum atomic E-state index is -3.86. The lowest BCUT2D eigenvalue weighted by molar-refractivity contribution is 0.0645. The SMILES string of the molecule is CC(C)(C)NS(=O)(=O)c1ccc(C(=O)N(CCc2ccc(F)cc2)C2CCCC2)o1. The molecule has 1 saturated carbocycles. The first kappa shape index (κ1) is 22.5. The van der Waals surface area contributed by atoms with Crippen molar-refractivity contribution in [1.82, 2.24) is 9.62 Å². The lowest BCUT2D eigenvalue weighted by atomic mass is 10.1. The van der Waals surface area contributed by atoms with E-state index in [1.54, 1.807) is 37.8 Å². The van der Waals surface area contributed by atoms with Crippen LogP contribution in [-0.2, 0) is 16.4 Å². The Labute approximate surface area is 177 Å². The van der Waals surface area contributed by atoms with Crippen LogP contribution in [0.3, 0.4) is 0 Å². The lowest BCUT2D eigenvalue weighted by Gasteiger charge is -2.28. The average Bonchev–Trinajstić information content (AvgIpc) is 3.33. The molecule has 164 valence electrons. The predicted octanol–water partition coefficient (Wildman–Crippen LogP) is 4.12. The number of sulfonamides is 1. The molecule has 2 aromatic rings. The molecule has 1 heterocycles. The first-order valence-corrected chi connectivity index (χ1v) is 11.7. The predicted molar refractivity (Wildman–Crippen MR) is 112 cm³/mol. The number of hydrogen-bond donors (Lipinski definition) is 1. The maximum atomic E-state index is 13.2. The van der Waals surface area contributed by atoms with Gasteiger partial charge < -0.3 is 9.32 Å². The molecule has 0 aliphatic heterocycles. The molecule has 30 heavy (non-hydrogen) atoms. The van der Waals surface area contributed by atoms with Gasteiger partial charge >= 0.3 is 0 Å². The topological polar surface area (TPSA) is 79.6 Å². The van der Waals surface area contributed by atoms with Crippen LogP contribution >= 0.6 is 0 Å². The van der Waals surface area contributed by atoms with Crippen LogP contribution in [0.5, 0.6) is 0 Å². The molecule has 1 N–H and O–H groups in total. The number of rotatable bonds is 7. The second-order valence-electron chi connectivity index (χ2n) is 8.79. The molecule has 0 bridgehead atoms. The molecule has 0 radical (unpaired) electrons. The highest BCUT2D eigenvalue weighted by Gasteiger charge is 2.31. The van der Waals surface area contributed by atoms with Crippen molar-refractivity contribution in [2.24, 2.45) is 0 Å². The maximum Gasteiger partial charge on any atom is 0.289 e. The van der Waals surface area contributed by atoms with Gasteiger partial charge in [-0.15, -0.1) is 0 Å². The summed E-state index contributed by atoms with van der Waals surface area (Å²) in [6, 6.07) is 9.06. The summed E-state index contributed by atoms with van der Waals surface area (Å²) >= 11 is 0. The van der Waals surface area contributed by atoms with E-state index in [0.29, 0.717) is 13.0 Å². The van der Waals surface area contributed by atoms with Crippen LogP contribution in [0, 0.1) is 5.82 Å². The van der Waals surface area contributed by atoms with Gasteiger partial charge in [0.2, 0.25) is 5.09 Å². The number of nitrogens with one attached hydrogen (secondary N) is 1. The Morgan fingerprint density at radius 2 is 1.77 bits per heavy atom. The molecule has 6 nitrogen and oxygen atoms in total. The molecular weight excluding hydrogens is 407 g/mol. The summed E-state index contributed by atoms with van der Waals surface area (Å²) in [6.45, 7) is 5.66. The largest absolute Gasteiger partial charge is 0.438 e. The van der Waals surface area contributed by atoms with Gasteiger partial charge in [-0.2, -0.15) is 0 Å². The van der Waals surface area contributed by atoms with Crippen LogP contribution in [0.4, 0.5) is 4.39 Å². The number of carbonyl (C=O) groups is 1. The smallest absolute Gasteiger partial charge is 0.289 e. The van der Waals surface area contributed by atoms with Crippen LogP contribution < -0.4 is 4.72 Å². The van der Waals surface area contributed by atoms with Gasteiger partial charge in [0.15, 0.2) is 5.76 Å². The summed E-state index contributed by atoms with van der Waals surface area (Å²) in [5, 5.41) is -0.273. The van der Waals surface area contributed by atoms with Gasteiger partial charge in [0, 0.05) is 18.1 Å². The van der Waals surface area contributed by atoms with Gasteiger partial charge in [0.05, 0.1) is 0 Å². The number of hydrogen-bond acceptors (Lipinski definition) is 4. The lowest BCUT2D eigenvalue weighted by Crippen LogP contribution is -2.40. The van der Waals surface area contributed by atoms with E-state index in [2.05, 4.69) is 4.72 Å². The molecule has 0 unspecified atom stereocenters. The number of furan rings is 1. The van der Waals surface area contributed by atoms with Gasteiger partial charge in [-0.05, 0) is 69.9 Å². The molecule has 1 amide bonds. The average molecular weight is 437 g/mol. The zero-order valence-electron chi connectivity index (χ0n) is 17.7. The van der Waals surface area contributed by atoms with E-state index >= 15 is 0 Å². The van der Waals surface area contributed by atoms with Crippen LogP contribution in [0.1, 0.15) is 62.6 Å². The van der Waals surface area contributed by atoms with Crippen molar-refractivity contribution in [3.63, 3.8) is 0 Å². The van der Waals surface area contributed by atoms with E-state index < -0.39 is 15.6 Å². The van der Waals surface area contributed by atoms with Crippen molar-refractivity contribution >= 4 is 15.9 Å². The monoisotopic (exact) mass is 436 g/mol. The fourth-order valence-electron chi connectivity index (χ4n) is 3.74. The molecule has 1 aromatic carbocycles. The third-order valence-corrected chi connectivity index (χ3v) is 6.71. The Hall–Kier alpha value is -2.19. The first-order chi connectivity index (χ1) is 14.0. The zero-order valence-corrected chi connectivity index (χ0v) is 18.5. The van der Waals surface area contributed by atoms with Crippen LogP contribution in [0.25, 0.3) is 0 Å². The molecule has 0 spiro atoms. The summed E-state index contributed by atoms with van der Waals surface area (Å²) in [5.74, 6) is -0.604. The summed E-state index contributed by atoms with van der Waals surface area (Å²) in [7, 11) is -3.86. The fourth-order valence-corrected chi connectivity index (χ4v) is 5.09. The number of amides is 1. The minimum absolute atomic E-state index is 0.00953. The Morgan fingerprint density at radius 3 is 2.37 bits per heavy atom. The number of carbonyl (C=O) groups excluding carboxylic acids is 1. The van der Waals surface area contributed by atoms with Crippen molar-refractivity contribution < 1.29 is 22.0 Å². The molecule has 1 aromatic heterocycles. The van der Waals surface area contributed by atoms with E-state index in [1.807, 2.05) is 0 Å². The molecule has 3 rings (SSSR count). The van der Waals surface area contributed by atoms with Crippen molar-refractivity contribution in [2.75, 3.05) is 6.54 Å². The quantitative estimate of drug-likeness (QED) is 0.708. The molecule has 1 aliphatic carbocycles. The Kier molecular flexibility index (Phi) is 6.67. The summed E-state index contributed by atoms with van der Waals surface area (Å²) in [6.07, 6.45) is 4.51. The van der Waals surface area contributed by atoms with Gasteiger partial charge in [-0.3, -0.25) is 4.79 Å². The zero-order chi connectivity index (χ0) is 21.9. The second kappa shape index (κ2) is 8.89. The Bertz CT molecular complexity index is 971. The molecule has 8 heteroatoms. The van der Waals surface area contributed by atoms with E-state index in [9.17, 15) is 17.6 Å². The molecule has 1 fully saturated rings. The molecule has 0 atom stereocenters. The van der Waals surface area contributed by atoms with E-state index in [1.165, 1.54) is 24.3 Å². The van der Waals surface area contributed by atoms with Crippen LogP contribution in [0.15, 0.2) is 45.9 Å². The van der Waals surface area contributed by atoms with Gasteiger partial charge in [0.25, 0.3) is 15.9 Å². The number of halogens is 1. The number of benzene rings is 1. The Balaban J connectivity index is 1.78. The third kappa shape index (κ3) is 5.70. The van der Waals surface area contributed by atoms with Crippen molar-refractivity contribution in [1.29, 1.82) is 0 Å². The van der Waals surface area contributed by atoms with E-state index in [-0.39, 0.29) is 28.6 Å². The normalized spacial score (nSPS) is 15.5. The standard InChI is InChI=1S/C22H29FN2O4S/c1-22(2,3)24-30(27,28)20-13-12-19(29-20)21(26)25(18-6-4-5-7-18)15-14-16-8-10-17(23)11-9-16/h8-13,18,24H,4-7,14-15H2,1-3H3. The molecule has 1 aliphatic rings. The van der Waals surface area contributed by atoms with Gasteiger partial charge in [-0.1, -0.05) is 25.0 Å². The van der Waals surface area contributed by atoms with Crippen LogP contribution in [-0.4, -0.2) is 37.4 Å². The highest BCUT2D eigenvalue weighted by molar-refractivity contribution is 7.89.